The smallest absolute Gasteiger partial charge is 0.0329 e. The fourth-order valence-corrected chi connectivity index (χ4v) is 3.78. The van der Waals surface area contributed by atoms with Crippen LogP contribution >= 0.6 is 31.9 Å². The van der Waals surface area contributed by atoms with Crippen molar-refractivity contribution in [1.29, 1.82) is 0 Å². The van der Waals surface area contributed by atoms with Gasteiger partial charge in [-0.15, -0.1) is 0 Å². The standard InChI is InChI=1S/C18H29Br2N/c1-4-5-6-7-8-9-10-11-18(21-3)15-13-16(19)14(2)12-17(15)20/h12-13,18,21H,4-11H2,1-3H3. The van der Waals surface area contributed by atoms with Gasteiger partial charge in [0, 0.05) is 15.0 Å². The first-order chi connectivity index (χ1) is 10.1. The summed E-state index contributed by atoms with van der Waals surface area (Å²) in [5.41, 5.74) is 2.64. The molecule has 1 rings (SSSR count). The van der Waals surface area contributed by atoms with Crippen LogP contribution in [-0.2, 0) is 0 Å². The number of unbranched alkanes of at least 4 members (excludes halogenated alkanes) is 6. The zero-order valence-corrected chi connectivity index (χ0v) is 16.8. The Hall–Kier alpha value is 0.140. The maximum atomic E-state index is 3.71. The number of hydrogen-bond acceptors (Lipinski definition) is 1. The van der Waals surface area contributed by atoms with Gasteiger partial charge in [0.05, 0.1) is 0 Å². The van der Waals surface area contributed by atoms with Gasteiger partial charge in [-0.3, -0.25) is 0 Å². The topological polar surface area (TPSA) is 12.0 Å². The van der Waals surface area contributed by atoms with Crippen molar-refractivity contribution in [3.63, 3.8) is 0 Å². The fourth-order valence-electron chi connectivity index (χ4n) is 2.69. The van der Waals surface area contributed by atoms with Crippen molar-refractivity contribution in [2.75, 3.05) is 7.05 Å². The SMILES string of the molecule is CCCCCCCCCC(NC)c1cc(Br)c(C)cc1Br. The predicted molar refractivity (Wildman–Crippen MR) is 101 cm³/mol. The lowest BCUT2D eigenvalue weighted by Gasteiger charge is -2.19. The summed E-state index contributed by atoms with van der Waals surface area (Å²) in [6.07, 6.45) is 10.8. The van der Waals surface area contributed by atoms with Crippen molar-refractivity contribution in [3.05, 3.63) is 32.2 Å². The summed E-state index contributed by atoms with van der Waals surface area (Å²) in [6, 6.07) is 4.89. The highest BCUT2D eigenvalue weighted by Gasteiger charge is 2.14. The maximum absolute atomic E-state index is 3.71. The van der Waals surface area contributed by atoms with Crippen LogP contribution in [0.1, 0.15) is 75.5 Å². The molecule has 1 atom stereocenters. The first-order valence-electron chi connectivity index (χ1n) is 8.23. The normalized spacial score (nSPS) is 12.6. The highest BCUT2D eigenvalue weighted by Crippen LogP contribution is 2.32. The Morgan fingerprint density at radius 2 is 1.57 bits per heavy atom. The number of hydrogen-bond donors (Lipinski definition) is 1. The van der Waals surface area contributed by atoms with Gasteiger partial charge in [-0.2, -0.15) is 0 Å². The van der Waals surface area contributed by atoms with Gasteiger partial charge in [-0.25, -0.2) is 0 Å². The third-order valence-corrected chi connectivity index (χ3v) is 5.64. The van der Waals surface area contributed by atoms with Crippen molar-refractivity contribution in [3.8, 4) is 0 Å². The van der Waals surface area contributed by atoms with Crippen LogP contribution in [0.3, 0.4) is 0 Å². The molecule has 0 heterocycles. The molecule has 1 N–H and O–H groups in total. The quantitative estimate of drug-likeness (QED) is 0.406. The van der Waals surface area contributed by atoms with Crippen LogP contribution in [0, 0.1) is 6.92 Å². The summed E-state index contributed by atoms with van der Waals surface area (Å²) in [7, 11) is 2.06. The number of rotatable bonds is 10. The molecule has 0 saturated carbocycles. The first kappa shape index (κ1) is 19.2. The molecule has 3 heteroatoms. The highest BCUT2D eigenvalue weighted by atomic mass is 79.9. The van der Waals surface area contributed by atoms with Gasteiger partial charge in [0.1, 0.15) is 0 Å². The van der Waals surface area contributed by atoms with Crippen molar-refractivity contribution in [2.24, 2.45) is 0 Å². The molecule has 0 saturated heterocycles. The second-order valence-electron chi connectivity index (χ2n) is 5.87. The Kier molecular flexibility index (Phi) is 9.87. The minimum atomic E-state index is 0.437. The number of aryl methyl sites for hydroxylation is 1. The summed E-state index contributed by atoms with van der Waals surface area (Å²) in [4.78, 5) is 0. The number of halogens is 2. The molecular formula is C18H29Br2N. The molecular weight excluding hydrogens is 390 g/mol. The Bertz CT molecular complexity index is 418. The molecule has 0 radical (unpaired) electrons. The van der Waals surface area contributed by atoms with Gasteiger partial charge in [0.2, 0.25) is 0 Å². The molecule has 1 nitrogen and oxygen atoms in total. The molecule has 0 amide bonds. The van der Waals surface area contributed by atoms with Crippen LogP contribution in [0.5, 0.6) is 0 Å². The largest absolute Gasteiger partial charge is 0.313 e. The van der Waals surface area contributed by atoms with Gasteiger partial charge in [-0.1, -0.05) is 83.7 Å². The summed E-state index contributed by atoms with van der Waals surface area (Å²) < 4.78 is 2.41. The van der Waals surface area contributed by atoms with Gasteiger partial charge in [0.15, 0.2) is 0 Å². The maximum Gasteiger partial charge on any atom is 0.0329 e. The predicted octanol–water partition coefficient (Wildman–Crippen LogP) is 6.92. The summed E-state index contributed by atoms with van der Waals surface area (Å²) in [5.74, 6) is 0. The molecule has 21 heavy (non-hydrogen) atoms. The highest BCUT2D eigenvalue weighted by molar-refractivity contribution is 9.11. The molecule has 0 aromatic heterocycles. The number of benzene rings is 1. The third-order valence-electron chi connectivity index (χ3n) is 4.10. The first-order valence-corrected chi connectivity index (χ1v) is 9.81. The molecule has 0 spiro atoms. The van der Waals surface area contributed by atoms with Crippen LogP contribution in [-0.4, -0.2) is 7.05 Å². The second kappa shape index (κ2) is 10.8. The lowest BCUT2D eigenvalue weighted by molar-refractivity contribution is 0.494. The molecule has 1 aromatic rings. The van der Waals surface area contributed by atoms with E-state index in [0.717, 1.165) is 0 Å². The Morgan fingerprint density at radius 1 is 0.952 bits per heavy atom. The van der Waals surface area contributed by atoms with E-state index in [2.05, 4.69) is 70.2 Å². The Balaban J connectivity index is 2.43. The lowest BCUT2D eigenvalue weighted by atomic mass is 9.99. The van der Waals surface area contributed by atoms with E-state index in [1.54, 1.807) is 0 Å². The molecule has 0 aliphatic heterocycles. The van der Waals surface area contributed by atoms with E-state index >= 15 is 0 Å². The molecule has 0 aliphatic rings. The Labute approximate surface area is 147 Å². The van der Waals surface area contributed by atoms with Gasteiger partial charge < -0.3 is 5.32 Å². The van der Waals surface area contributed by atoms with E-state index < -0.39 is 0 Å². The van der Waals surface area contributed by atoms with Crippen LogP contribution in [0.2, 0.25) is 0 Å². The van der Waals surface area contributed by atoms with E-state index in [1.807, 2.05) is 0 Å². The van der Waals surface area contributed by atoms with E-state index in [0.29, 0.717) is 6.04 Å². The van der Waals surface area contributed by atoms with E-state index in [1.165, 1.54) is 71.4 Å². The molecule has 0 aliphatic carbocycles. The average Bonchev–Trinajstić information content (AvgIpc) is 2.46. The Morgan fingerprint density at radius 3 is 2.19 bits per heavy atom. The van der Waals surface area contributed by atoms with E-state index in [-0.39, 0.29) is 0 Å². The molecule has 120 valence electrons. The van der Waals surface area contributed by atoms with E-state index in [4.69, 9.17) is 0 Å². The second-order valence-corrected chi connectivity index (χ2v) is 7.58. The summed E-state index contributed by atoms with van der Waals surface area (Å²) in [6.45, 7) is 4.40. The van der Waals surface area contributed by atoms with Gasteiger partial charge in [-0.05, 0) is 43.7 Å². The third kappa shape index (κ3) is 6.83. The molecule has 1 aromatic carbocycles. The zero-order valence-electron chi connectivity index (χ0n) is 13.6. The minimum absolute atomic E-state index is 0.437. The fraction of sp³-hybridized carbons (Fsp3) is 0.667. The van der Waals surface area contributed by atoms with Crippen LogP contribution < -0.4 is 5.32 Å². The number of nitrogens with one attached hydrogen (secondary N) is 1. The zero-order chi connectivity index (χ0) is 15.7. The van der Waals surface area contributed by atoms with Crippen molar-refractivity contribution < 1.29 is 0 Å². The van der Waals surface area contributed by atoms with Crippen molar-refractivity contribution in [2.45, 2.75) is 71.3 Å². The molecule has 1 unspecified atom stereocenters. The van der Waals surface area contributed by atoms with Crippen LogP contribution in [0.25, 0.3) is 0 Å². The van der Waals surface area contributed by atoms with Gasteiger partial charge in [0.25, 0.3) is 0 Å². The van der Waals surface area contributed by atoms with Crippen molar-refractivity contribution >= 4 is 31.9 Å². The summed E-state index contributed by atoms with van der Waals surface area (Å²) in [5, 5.41) is 3.47. The lowest BCUT2D eigenvalue weighted by Crippen LogP contribution is -2.17. The van der Waals surface area contributed by atoms with E-state index in [9.17, 15) is 0 Å². The van der Waals surface area contributed by atoms with Gasteiger partial charge >= 0.3 is 0 Å². The summed E-state index contributed by atoms with van der Waals surface area (Å²) >= 11 is 7.36. The minimum Gasteiger partial charge on any atom is -0.313 e. The monoisotopic (exact) mass is 417 g/mol. The average molecular weight is 419 g/mol. The van der Waals surface area contributed by atoms with Crippen molar-refractivity contribution in [1.82, 2.24) is 5.32 Å². The van der Waals surface area contributed by atoms with Crippen LogP contribution in [0.4, 0.5) is 0 Å². The molecule has 0 bridgehead atoms. The molecule has 0 fully saturated rings. The van der Waals surface area contributed by atoms with Crippen LogP contribution in [0.15, 0.2) is 21.1 Å².